The van der Waals surface area contributed by atoms with Gasteiger partial charge in [-0.3, -0.25) is 9.59 Å². The zero-order valence-electron chi connectivity index (χ0n) is 32.8. The average Bonchev–Trinajstić information content (AvgIpc) is 3.40. The van der Waals surface area contributed by atoms with E-state index in [1.54, 1.807) is 14.7 Å². The molecular weight excluding hydrogens is 692 g/mol. The number of nitrogens with one attached hydrogen (secondary N) is 1. The molecule has 5 amide bonds. The molecule has 2 saturated heterocycles. The van der Waals surface area contributed by atoms with Gasteiger partial charge in [0.25, 0.3) is 0 Å². The van der Waals surface area contributed by atoms with Gasteiger partial charge in [-0.25, -0.2) is 14.4 Å². The number of likely N-dealkylation sites (tertiary alicyclic amines) is 2. The summed E-state index contributed by atoms with van der Waals surface area (Å²) < 4.78 is 16.2. The van der Waals surface area contributed by atoms with E-state index in [1.807, 2.05) is 101 Å². The SMILES string of the molecule is CC(C)(C)OC(=O)N1CCC[C@@H](N2CC=CC[C@@H](N)C2=O)C1.CC(C)(C)OC(=O)N1CCC[C@@H](N2CC=CC[C@@H](NC(=O)OCc3ccccc3)C2=O)C1. The first kappa shape index (κ1) is 42.2. The lowest BCUT2D eigenvalue weighted by Crippen LogP contribution is -2.56. The van der Waals surface area contributed by atoms with Crippen molar-refractivity contribution in [1.29, 1.82) is 0 Å². The van der Waals surface area contributed by atoms with Crippen LogP contribution in [0.25, 0.3) is 0 Å². The third kappa shape index (κ3) is 13.1. The predicted molar refractivity (Wildman–Crippen MR) is 204 cm³/mol. The first-order valence-electron chi connectivity index (χ1n) is 19.1. The van der Waals surface area contributed by atoms with Crippen molar-refractivity contribution >= 4 is 30.1 Å². The highest BCUT2D eigenvalue weighted by Crippen LogP contribution is 2.23. The second-order valence-electron chi connectivity index (χ2n) is 16.2. The number of nitrogens with two attached hydrogens (primary N) is 1. The number of carbonyl (C=O) groups is 5. The molecule has 4 heterocycles. The molecular formula is C40H60N6O8. The maximum Gasteiger partial charge on any atom is 0.410 e. The Bertz CT molecular complexity index is 1500. The van der Waals surface area contributed by atoms with E-state index in [2.05, 4.69) is 5.32 Å². The Labute approximate surface area is 320 Å². The van der Waals surface area contributed by atoms with Crippen molar-refractivity contribution in [2.24, 2.45) is 5.73 Å². The molecule has 0 bridgehead atoms. The number of amides is 5. The van der Waals surface area contributed by atoms with Gasteiger partial charge in [0, 0.05) is 51.4 Å². The van der Waals surface area contributed by atoms with Crippen molar-refractivity contribution in [2.75, 3.05) is 39.3 Å². The van der Waals surface area contributed by atoms with Crippen LogP contribution in [0.5, 0.6) is 0 Å². The molecule has 54 heavy (non-hydrogen) atoms. The van der Waals surface area contributed by atoms with Gasteiger partial charge < -0.3 is 44.9 Å². The second kappa shape index (κ2) is 19.1. The van der Waals surface area contributed by atoms with Crippen LogP contribution < -0.4 is 11.1 Å². The summed E-state index contributed by atoms with van der Waals surface area (Å²) in [5, 5.41) is 2.70. The molecule has 2 fully saturated rings. The Morgan fingerprint density at radius 3 is 1.76 bits per heavy atom. The molecule has 14 nitrogen and oxygen atoms in total. The quantitative estimate of drug-likeness (QED) is 0.312. The van der Waals surface area contributed by atoms with Gasteiger partial charge in [-0.05, 0) is 85.6 Å². The Morgan fingerprint density at radius 1 is 0.741 bits per heavy atom. The number of hydrogen-bond donors (Lipinski definition) is 2. The van der Waals surface area contributed by atoms with Gasteiger partial charge in [0.15, 0.2) is 0 Å². The van der Waals surface area contributed by atoms with E-state index in [0.717, 1.165) is 31.2 Å². The summed E-state index contributed by atoms with van der Waals surface area (Å²) in [6, 6.07) is 8.09. The maximum atomic E-state index is 13.2. The van der Waals surface area contributed by atoms with Gasteiger partial charge in [-0.1, -0.05) is 54.6 Å². The highest BCUT2D eigenvalue weighted by Gasteiger charge is 2.37. The summed E-state index contributed by atoms with van der Waals surface area (Å²) in [6.07, 6.45) is 10.8. The van der Waals surface area contributed by atoms with Crippen molar-refractivity contribution in [1.82, 2.24) is 24.9 Å². The zero-order chi connectivity index (χ0) is 39.5. The molecule has 0 unspecified atom stereocenters. The Morgan fingerprint density at radius 2 is 1.24 bits per heavy atom. The van der Waals surface area contributed by atoms with Crippen LogP contribution in [0.15, 0.2) is 54.6 Å². The zero-order valence-corrected chi connectivity index (χ0v) is 32.8. The van der Waals surface area contributed by atoms with Gasteiger partial charge in [0.2, 0.25) is 11.8 Å². The van der Waals surface area contributed by atoms with E-state index in [9.17, 15) is 24.0 Å². The fourth-order valence-electron chi connectivity index (χ4n) is 6.73. The number of alkyl carbamates (subject to hydrolysis) is 1. The lowest BCUT2D eigenvalue weighted by atomic mass is 10.0. The monoisotopic (exact) mass is 752 g/mol. The summed E-state index contributed by atoms with van der Waals surface area (Å²) in [5.74, 6) is -0.191. The normalized spacial score (nSPS) is 23.8. The summed E-state index contributed by atoms with van der Waals surface area (Å²) >= 11 is 0. The highest BCUT2D eigenvalue weighted by molar-refractivity contribution is 5.86. The Kier molecular flexibility index (Phi) is 14.9. The molecule has 298 valence electrons. The third-order valence-electron chi connectivity index (χ3n) is 9.36. The second-order valence-corrected chi connectivity index (χ2v) is 16.2. The fraction of sp³-hybridized carbons (Fsp3) is 0.625. The Hall–Kier alpha value is -4.59. The maximum absolute atomic E-state index is 13.2. The minimum absolute atomic E-state index is 0.0163. The number of piperidine rings is 2. The van der Waals surface area contributed by atoms with Crippen molar-refractivity contribution < 1.29 is 38.2 Å². The average molecular weight is 753 g/mol. The summed E-state index contributed by atoms with van der Waals surface area (Å²) in [4.78, 5) is 69.6. The molecule has 1 aromatic carbocycles. The van der Waals surface area contributed by atoms with Crippen LogP contribution in [0.1, 0.15) is 85.6 Å². The molecule has 4 aliphatic heterocycles. The molecule has 14 heteroatoms. The smallest absolute Gasteiger partial charge is 0.410 e. The van der Waals surface area contributed by atoms with Gasteiger partial charge in [-0.2, -0.15) is 0 Å². The summed E-state index contributed by atoms with van der Waals surface area (Å²) in [5.41, 5.74) is 5.71. The molecule has 1 aromatic rings. The van der Waals surface area contributed by atoms with Gasteiger partial charge in [0.1, 0.15) is 23.9 Å². The number of carbonyl (C=O) groups excluding carboxylic acids is 5. The molecule has 4 aliphatic rings. The van der Waals surface area contributed by atoms with Gasteiger partial charge >= 0.3 is 18.3 Å². The molecule has 0 aliphatic carbocycles. The van der Waals surface area contributed by atoms with Crippen LogP contribution >= 0.6 is 0 Å². The molecule has 0 aromatic heterocycles. The number of benzene rings is 1. The van der Waals surface area contributed by atoms with Crippen molar-refractivity contribution in [2.45, 2.75) is 122 Å². The number of ether oxygens (including phenoxy) is 3. The largest absolute Gasteiger partial charge is 0.445 e. The first-order chi connectivity index (χ1) is 25.5. The van der Waals surface area contributed by atoms with Crippen LogP contribution in [0.2, 0.25) is 0 Å². The topological polar surface area (TPSA) is 164 Å². The van der Waals surface area contributed by atoms with E-state index < -0.39 is 29.4 Å². The van der Waals surface area contributed by atoms with Crippen LogP contribution in [0, 0.1) is 0 Å². The molecule has 0 radical (unpaired) electrons. The van der Waals surface area contributed by atoms with Gasteiger partial charge in [0.05, 0.1) is 6.04 Å². The van der Waals surface area contributed by atoms with E-state index in [1.165, 1.54) is 0 Å². The standard InChI is InChI=1S/C24H33N3O5.C16H27N3O3/c1-24(2,3)32-23(30)26-14-9-12-19(16-26)27-15-8-7-13-20(21(27)28)25-22(29)31-17-18-10-5-4-6-11-18;1-16(2,3)22-15(21)18-9-6-7-12(11-18)19-10-5-4-8-13(17)14(19)20/h4-8,10-11,19-20H,9,12-17H2,1-3H3,(H,25,29);4-5,12-13H,6-11,17H2,1-3H3/t19-,20-;12-,13-/m11/s1. The molecule has 0 saturated carbocycles. The minimum Gasteiger partial charge on any atom is -0.445 e. The van der Waals surface area contributed by atoms with Crippen LogP contribution in [0.3, 0.4) is 0 Å². The van der Waals surface area contributed by atoms with Crippen molar-refractivity contribution in [3.8, 4) is 0 Å². The highest BCUT2D eigenvalue weighted by atomic mass is 16.6. The third-order valence-corrected chi connectivity index (χ3v) is 9.36. The van der Waals surface area contributed by atoms with E-state index in [4.69, 9.17) is 19.9 Å². The fourth-order valence-corrected chi connectivity index (χ4v) is 6.73. The van der Waals surface area contributed by atoms with Crippen LogP contribution in [0.4, 0.5) is 14.4 Å². The predicted octanol–water partition coefficient (Wildman–Crippen LogP) is 4.97. The van der Waals surface area contributed by atoms with Crippen LogP contribution in [-0.2, 0) is 30.4 Å². The van der Waals surface area contributed by atoms with E-state index in [-0.39, 0.29) is 42.7 Å². The van der Waals surface area contributed by atoms with E-state index >= 15 is 0 Å². The van der Waals surface area contributed by atoms with Gasteiger partial charge in [-0.15, -0.1) is 0 Å². The number of nitrogens with zero attached hydrogens (tertiary/aromatic N) is 4. The van der Waals surface area contributed by atoms with Crippen LogP contribution in [-0.4, -0.2) is 124 Å². The lowest BCUT2D eigenvalue weighted by molar-refractivity contribution is -0.136. The summed E-state index contributed by atoms with van der Waals surface area (Å²) in [6.45, 7) is 14.4. The molecule has 0 spiro atoms. The molecule has 4 atom stereocenters. The minimum atomic E-state index is -0.700. The molecule has 5 rings (SSSR count). The molecule has 3 N–H and O–H groups in total. The Balaban J connectivity index is 0.000000258. The van der Waals surface area contributed by atoms with Crippen molar-refractivity contribution in [3.05, 3.63) is 60.2 Å². The number of hydrogen-bond acceptors (Lipinski definition) is 9. The van der Waals surface area contributed by atoms with E-state index in [0.29, 0.717) is 52.1 Å². The van der Waals surface area contributed by atoms with Crippen molar-refractivity contribution in [3.63, 3.8) is 0 Å². The first-order valence-corrected chi connectivity index (χ1v) is 19.1. The number of rotatable bonds is 5. The lowest BCUT2D eigenvalue weighted by Gasteiger charge is -2.40. The summed E-state index contributed by atoms with van der Waals surface area (Å²) in [7, 11) is 0.